The molecule has 1 aliphatic rings. The topological polar surface area (TPSA) is 79.3 Å². The maximum Gasteiger partial charge on any atom is 0.314 e. The van der Waals surface area contributed by atoms with E-state index in [1.54, 1.807) is 10.9 Å². The molecule has 1 fully saturated rings. The highest BCUT2D eigenvalue weighted by Crippen LogP contribution is 2.27. The van der Waals surface area contributed by atoms with Crippen LogP contribution in [-0.4, -0.2) is 58.9 Å². The zero-order chi connectivity index (χ0) is 20.6. The molecule has 2 N–H and O–H groups in total. The minimum absolute atomic E-state index is 0.293. The molecular formula is C21H29N5O2S. The third kappa shape index (κ3) is 5.83. The van der Waals surface area contributed by atoms with Gasteiger partial charge in [-0.15, -0.1) is 11.8 Å². The number of likely N-dealkylation sites (tertiary alicyclic amines) is 1. The van der Waals surface area contributed by atoms with Crippen LogP contribution < -0.4 is 10.6 Å². The first-order valence-electron chi connectivity index (χ1n) is 10.1. The zero-order valence-electron chi connectivity index (χ0n) is 17.1. The van der Waals surface area contributed by atoms with Gasteiger partial charge in [0.25, 0.3) is 0 Å². The van der Waals surface area contributed by atoms with Crippen molar-refractivity contribution in [1.29, 1.82) is 0 Å². The Morgan fingerprint density at radius 2 is 1.86 bits per heavy atom. The molecule has 0 spiro atoms. The van der Waals surface area contributed by atoms with E-state index in [4.69, 9.17) is 0 Å². The van der Waals surface area contributed by atoms with Crippen molar-refractivity contribution in [2.45, 2.75) is 31.1 Å². The first kappa shape index (κ1) is 21.4. The van der Waals surface area contributed by atoms with Crippen LogP contribution in [0.15, 0.2) is 41.4 Å². The van der Waals surface area contributed by atoms with E-state index in [0.29, 0.717) is 18.3 Å². The van der Waals surface area contributed by atoms with E-state index in [0.717, 1.165) is 30.2 Å². The molecule has 0 bridgehead atoms. The van der Waals surface area contributed by atoms with Crippen molar-refractivity contribution in [2.24, 2.45) is 5.92 Å². The summed E-state index contributed by atoms with van der Waals surface area (Å²) in [6, 6.07) is 9.51. The Balaban J connectivity index is 1.57. The van der Waals surface area contributed by atoms with Gasteiger partial charge in [0.2, 0.25) is 0 Å². The van der Waals surface area contributed by atoms with E-state index in [9.17, 15) is 9.59 Å². The van der Waals surface area contributed by atoms with Gasteiger partial charge < -0.3 is 15.5 Å². The zero-order valence-corrected chi connectivity index (χ0v) is 17.9. The number of hydrogen-bond donors (Lipinski definition) is 2. The van der Waals surface area contributed by atoms with Crippen LogP contribution in [0.5, 0.6) is 0 Å². The number of para-hydroxylation sites is 1. The molecule has 1 aromatic carbocycles. The molecular weight excluding hydrogens is 386 g/mol. The fraction of sp³-hybridized carbons (Fsp3) is 0.476. The van der Waals surface area contributed by atoms with Crippen molar-refractivity contribution < 1.29 is 9.59 Å². The van der Waals surface area contributed by atoms with E-state index in [2.05, 4.69) is 27.6 Å². The maximum absolute atomic E-state index is 12.5. The number of nitrogens with zero attached hydrogens (tertiary/aromatic N) is 3. The Kier molecular flexibility index (Phi) is 7.71. The standard InChI is InChI=1S/C21H29N5O2S/c1-16(15-25-11-7-4-8-12-25)13-22-20(27)21(28)24-19-18(29-2)14-23-26(19)17-9-5-3-6-10-17/h3,5-6,9-10,14,16H,4,7-8,11-13,15H2,1-2H3,(H,22,27)(H,24,28)/t16-/m0/s1. The number of piperidine rings is 1. The highest BCUT2D eigenvalue weighted by atomic mass is 32.2. The summed E-state index contributed by atoms with van der Waals surface area (Å²) in [4.78, 5) is 28.1. The lowest BCUT2D eigenvalue weighted by molar-refractivity contribution is -0.136. The lowest BCUT2D eigenvalue weighted by Crippen LogP contribution is -2.41. The fourth-order valence-corrected chi connectivity index (χ4v) is 4.00. The Morgan fingerprint density at radius 3 is 2.55 bits per heavy atom. The molecule has 0 unspecified atom stereocenters. The second-order valence-corrected chi connectivity index (χ2v) is 8.29. The molecule has 0 saturated carbocycles. The van der Waals surface area contributed by atoms with Crippen LogP contribution in [0, 0.1) is 5.92 Å². The lowest BCUT2D eigenvalue weighted by atomic mass is 10.1. The van der Waals surface area contributed by atoms with Crippen molar-refractivity contribution in [1.82, 2.24) is 20.0 Å². The molecule has 1 atom stereocenters. The number of carbonyl (C=O) groups is 2. The third-order valence-corrected chi connectivity index (χ3v) is 5.76. The van der Waals surface area contributed by atoms with Gasteiger partial charge in [-0.05, 0) is 50.2 Å². The molecule has 1 saturated heterocycles. The van der Waals surface area contributed by atoms with Crippen LogP contribution in [0.4, 0.5) is 5.82 Å². The summed E-state index contributed by atoms with van der Waals surface area (Å²) >= 11 is 1.47. The quantitative estimate of drug-likeness (QED) is 0.537. The van der Waals surface area contributed by atoms with Crippen LogP contribution in [0.1, 0.15) is 26.2 Å². The molecule has 2 aromatic rings. The molecule has 156 valence electrons. The molecule has 29 heavy (non-hydrogen) atoms. The number of anilines is 1. The molecule has 0 radical (unpaired) electrons. The molecule has 2 heterocycles. The largest absolute Gasteiger partial charge is 0.348 e. The van der Waals surface area contributed by atoms with Crippen molar-refractivity contribution >= 4 is 29.4 Å². The van der Waals surface area contributed by atoms with E-state index < -0.39 is 11.8 Å². The predicted octanol–water partition coefficient (Wildman–Crippen LogP) is 2.77. The van der Waals surface area contributed by atoms with Gasteiger partial charge in [0.1, 0.15) is 0 Å². The maximum atomic E-state index is 12.5. The molecule has 2 amide bonds. The van der Waals surface area contributed by atoms with Crippen LogP contribution in [-0.2, 0) is 9.59 Å². The number of benzene rings is 1. The van der Waals surface area contributed by atoms with Gasteiger partial charge in [-0.1, -0.05) is 31.5 Å². The van der Waals surface area contributed by atoms with Crippen molar-refractivity contribution in [3.05, 3.63) is 36.5 Å². The molecule has 8 heteroatoms. The van der Waals surface area contributed by atoms with Gasteiger partial charge in [-0.2, -0.15) is 5.10 Å². The number of amides is 2. The highest BCUT2D eigenvalue weighted by Gasteiger charge is 2.21. The minimum Gasteiger partial charge on any atom is -0.348 e. The summed E-state index contributed by atoms with van der Waals surface area (Å²) in [6.45, 7) is 5.78. The smallest absolute Gasteiger partial charge is 0.314 e. The molecule has 0 aliphatic carbocycles. The Hall–Kier alpha value is -2.32. The summed E-state index contributed by atoms with van der Waals surface area (Å²) in [5.41, 5.74) is 0.818. The average molecular weight is 416 g/mol. The second kappa shape index (κ2) is 10.5. The van der Waals surface area contributed by atoms with Crippen LogP contribution >= 0.6 is 11.8 Å². The number of rotatable bonds is 7. The van der Waals surface area contributed by atoms with Gasteiger partial charge in [0, 0.05) is 13.1 Å². The SMILES string of the molecule is CSc1cnn(-c2ccccc2)c1NC(=O)C(=O)NC[C@H](C)CN1CCCCC1. The Bertz CT molecular complexity index is 818. The number of nitrogens with one attached hydrogen (secondary N) is 2. The first-order valence-corrected chi connectivity index (χ1v) is 11.3. The Morgan fingerprint density at radius 1 is 1.14 bits per heavy atom. The summed E-state index contributed by atoms with van der Waals surface area (Å²) < 4.78 is 1.63. The van der Waals surface area contributed by atoms with Gasteiger partial charge in [0.15, 0.2) is 5.82 Å². The predicted molar refractivity (Wildman–Crippen MR) is 116 cm³/mol. The molecule has 7 nitrogen and oxygen atoms in total. The second-order valence-electron chi connectivity index (χ2n) is 7.44. The van der Waals surface area contributed by atoms with Crippen molar-refractivity contribution in [2.75, 3.05) is 37.8 Å². The van der Waals surface area contributed by atoms with Crippen LogP contribution in [0.25, 0.3) is 5.69 Å². The number of thioether (sulfide) groups is 1. The first-order chi connectivity index (χ1) is 14.1. The van der Waals surface area contributed by atoms with E-state index in [1.807, 2.05) is 36.6 Å². The fourth-order valence-electron chi connectivity index (χ4n) is 3.52. The summed E-state index contributed by atoms with van der Waals surface area (Å²) in [6.07, 6.45) is 7.39. The highest BCUT2D eigenvalue weighted by molar-refractivity contribution is 7.98. The monoisotopic (exact) mass is 415 g/mol. The van der Waals surface area contributed by atoms with E-state index in [1.165, 1.54) is 31.0 Å². The molecule has 1 aliphatic heterocycles. The van der Waals surface area contributed by atoms with Gasteiger partial charge in [0.05, 0.1) is 16.8 Å². The van der Waals surface area contributed by atoms with Crippen molar-refractivity contribution in [3.63, 3.8) is 0 Å². The normalized spacial score (nSPS) is 15.7. The Labute approximate surface area is 176 Å². The van der Waals surface area contributed by atoms with Gasteiger partial charge in [-0.3, -0.25) is 9.59 Å². The van der Waals surface area contributed by atoms with Crippen LogP contribution in [0.2, 0.25) is 0 Å². The minimum atomic E-state index is -0.678. The number of hydrogen-bond acceptors (Lipinski definition) is 5. The average Bonchev–Trinajstić information content (AvgIpc) is 3.15. The van der Waals surface area contributed by atoms with E-state index in [-0.39, 0.29) is 0 Å². The third-order valence-electron chi connectivity index (χ3n) is 5.02. The number of aromatic nitrogens is 2. The molecule has 3 rings (SSSR count). The summed E-state index contributed by atoms with van der Waals surface area (Å²) in [5, 5.41) is 9.85. The molecule has 1 aromatic heterocycles. The summed E-state index contributed by atoms with van der Waals surface area (Å²) in [7, 11) is 0. The lowest BCUT2D eigenvalue weighted by Gasteiger charge is -2.29. The van der Waals surface area contributed by atoms with Crippen molar-refractivity contribution in [3.8, 4) is 5.69 Å². The van der Waals surface area contributed by atoms with Crippen LogP contribution in [0.3, 0.4) is 0 Å². The van der Waals surface area contributed by atoms with E-state index >= 15 is 0 Å². The number of carbonyl (C=O) groups excluding carboxylic acids is 2. The van der Waals surface area contributed by atoms with Gasteiger partial charge >= 0.3 is 11.8 Å². The summed E-state index contributed by atoms with van der Waals surface area (Å²) in [5.74, 6) is -0.502. The van der Waals surface area contributed by atoms with Gasteiger partial charge in [-0.25, -0.2) is 4.68 Å².